The van der Waals surface area contributed by atoms with Crippen LogP contribution >= 0.6 is 0 Å². The van der Waals surface area contributed by atoms with Crippen LogP contribution in [0.2, 0.25) is 0 Å². The lowest BCUT2D eigenvalue weighted by molar-refractivity contribution is -0.143. The summed E-state index contributed by atoms with van der Waals surface area (Å²) < 4.78 is 10.5. The van der Waals surface area contributed by atoms with Crippen LogP contribution in [-0.2, 0) is 30.2 Å². The molecule has 3 aromatic heterocycles. The highest BCUT2D eigenvalue weighted by Gasteiger charge is 2.21. The molecule has 0 unspecified atom stereocenters. The molecule has 28 heavy (non-hydrogen) atoms. The fourth-order valence-corrected chi connectivity index (χ4v) is 3.36. The molecule has 4 rings (SSSR count). The minimum Gasteiger partial charge on any atom is -0.465 e. The number of imidazole rings is 2. The van der Waals surface area contributed by atoms with Gasteiger partial charge in [0.2, 0.25) is 5.78 Å². The second-order valence-corrected chi connectivity index (χ2v) is 6.43. The van der Waals surface area contributed by atoms with Crippen LogP contribution in [0.15, 0.2) is 46.1 Å². The van der Waals surface area contributed by atoms with Gasteiger partial charge in [-0.3, -0.25) is 18.6 Å². The average molecular weight is 381 g/mol. The fraction of sp³-hybridized carbons (Fsp3) is 0.263. The van der Waals surface area contributed by atoms with Crippen LogP contribution in [-0.4, -0.2) is 35.7 Å². The monoisotopic (exact) mass is 381 g/mol. The number of nitrogens with zero attached hydrogens (tertiary/aromatic N) is 5. The van der Waals surface area contributed by atoms with Gasteiger partial charge >= 0.3 is 11.7 Å². The summed E-state index contributed by atoms with van der Waals surface area (Å²) in [6.45, 7) is 1.39. The second kappa shape index (κ2) is 6.52. The molecule has 0 atom stereocenters. The second-order valence-electron chi connectivity index (χ2n) is 6.43. The van der Waals surface area contributed by atoms with Crippen molar-refractivity contribution < 1.29 is 9.53 Å². The summed E-state index contributed by atoms with van der Waals surface area (Å²) in [6.07, 6.45) is 1.81. The largest absolute Gasteiger partial charge is 0.465 e. The highest BCUT2D eigenvalue weighted by molar-refractivity contribution is 5.78. The van der Waals surface area contributed by atoms with Crippen molar-refractivity contribution in [2.45, 2.75) is 13.5 Å². The Bertz CT molecular complexity index is 1320. The first-order valence-electron chi connectivity index (χ1n) is 8.82. The first kappa shape index (κ1) is 17.8. The summed E-state index contributed by atoms with van der Waals surface area (Å²) >= 11 is 0. The SMILES string of the molecule is CCOC(=O)Cn1c(=O)c2c(nc3n(C)c(-c4ccccc4)cn23)n(C)c1=O. The van der Waals surface area contributed by atoms with E-state index in [1.165, 1.54) is 11.6 Å². The van der Waals surface area contributed by atoms with Crippen LogP contribution in [0, 0.1) is 0 Å². The zero-order valence-corrected chi connectivity index (χ0v) is 15.7. The predicted octanol–water partition coefficient (Wildman–Crippen LogP) is 0.917. The van der Waals surface area contributed by atoms with Gasteiger partial charge in [-0.1, -0.05) is 30.3 Å². The maximum absolute atomic E-state index is 13.0. The van der Waals surface area contributed by atoms with E-state index >= 15 is 0 Å². The number of hydrogen-bond acceptors (Lipinski definition) is 5. The Hall–Kier alpha value is -3.62. The van der Waals surface area contributed by atoms with Gasteiger partial charge in [0, 0.05) is 20.3 Å². The summed E-state index contributed by atoms with van der Waals surface area (Å²) in [5.41, 5.74) is 1.15. The van der Waals surface area contributed by atoms with Crippen molar-refractivity contribution in [2.24, 2.45) is 14.1 Å². The normalized spacial score (nSPS) is 11.4. The third-order valence-corrected chi connectivity index (χ3v) is 4.73. The highest BCUT2D eigenvalue weighted by atomic mass is 16.5. The molecule has 0 N–H and O–H groups in total. The average Bonchev–Trinajstić information content (AvgIpc) is 3.22. The number of hydrogen-bond donors (Lipinski definition) is 0. The van der Waals surface area contributed by atoms with E-state index in [0.29, 0.717) is 5.78 Å². The number of carbonyl (C=O) groups is 1. The molecule has 0 fully saturated rings. The maximum Gasteiger partial charge on any atom is 0.333 e. The number of fused-ring (bicyclic) bond motifs is 3. The van der Waals surface area contributed by atoms with E-state index in [1.54, 1.807) is 17.5 Å². The Morgan fingerprint density at radius 1 is 1.11 bits per heavy atom. The smallest absolute Gasteiger partial charge is 0.333 e. The molecule has 0 aliphatic carbocycles. The number of benzene rings is 1. The van der Waals surface area contributed by atoms with E-state index < -0.39 is 23.8 Å². The number of rotatable bonds is 4. The third-order valence-electron chi connectivity index (χ3n) is 4.73. The van der Waals surface area contributed by atoms with Crippen molar-refractivity contribution in [3.63, 3.8) is 0 Å². The fourth-order valence-electron chi connectivity index (χ4n) is 3.36. The van der Waals surface area contributed by atoms with Crippen LogP contribution in [0.1, 0.15) is 6.92 Å². The molecular formula is C19H19N5O4. The van der Waals surface area contributed by atoms with E-state index in [2.05, 4.69) is 4.98 Å². The molecule has 9 heteroatoms. The van der Waals surface area contributed by atoms with Gasteiger partial charge < -0.3 is 9.30 Å². The lowest BCUT2D eigenvalue weighted by atomic mass is 10.2. The topological polar surface area (TPSA) is 92.5 Å². The Kier molecular flexibility index (Phi) is 4.14. The summed E-state index contributed by atoms with van der Waals surface area (Å²) in [4.78, 5) is 42.0. The van der Waals surface area contributed by atoms with Crippen molar-refractivity contribution in [1.82, 2.24) is 23.1 Å². The van der Waals surface area contributed by atoms with Crippen molar-refractivity contribution in [3.8, 4) is 11.3 Å². The molecule has 0 aliphatic rings. The molecule has 0 aliphatic heterocycles. The van der Waals surface area contributed by atoms with E-state index in [-0.39, 0.29) is 17.8 Å². The lowest BCUT2D eigenvalue weighted by Crippen LogP contribution is -2.41. The van der Waals surface area contributed by atoms with E-state index in [4.69, 9.17) is 4.74 Å². The van der Waals surface area contributed by atoms with Gasteiger partial charge in [-0.25, -0.2) is 9.36 Å². The number of aryl methyl sites for hydroxylation is 2. The molecule has 0 saturated carbocycles. The van der Waals surface area contributed by atoms with Gasteiger partial charge in [0.1, 0.15) is 6.54 Å². The lowest BCUT2D eigenvalue weighted by Gasteiger charge is -2.07. The van der Waals surface area contributed by atoms with Crippen LogP contribution in [0.4, 0.5) is 0 Å². The first-order valence-corrected chi connectivity index (χ1v) is 8.82. The molecule has 0 radical (unpaired) electrons. The molecule has 4 aromatic rings. The molecule has 144 valence electrons. The van der Waals surface area contributed by atoms with Gasteiger partial charge in [0.15, 0.2) is 11.2 Å². The number of esters is 1. The highest BCUT2D eigenvalue weighted by Crippen LogP contribution is 2.23. The van der Waals surface area contributed by atoms with Gasteiger partial charge in [-0.15, -0.1) is 0 Å². The van der Waals surface area contributed by atoms with Crippen LogP contribution in [0.5, 0.6) is 0 Å². The summed E-state index contributed by atoms with van der Waals surface area (Å²) in [6, 6.07) is 9.72. The zero-order valence-electron chi connectivity index (χ0n) is 15.7. The Morgan fingerprint density at radius 3 is 2.50 bits per heavy atom. The van der Waals surface area contributed by atoms with Gasteiger partial charge in [-0.05, 0) is 12.5 Å². The van der Waals surface area contributed by atoms with Crippen molar-refractivity contribution in [2.75, 3.05) is 6.61 Å². The number of aromatic nitrogens is 5. The van der Waals surface area contributed by atoms with Crippen LogP contribution in [0.3, 0.4) is 0 Å². The molecule has 0 amide bonds. The molecule has 3 heterocycles. The summed E-state index contributed by atoms with van der Waals surface area (Å²) in [5.74, 6) is -0.116. The quantitative estimate of drug-likeness (QED) is 0.490. The predicted molar refractivity (Wildman–Crippen MR) is 103 cm³/mol. The van der Waals surface area contributed by atoms with Crippen LogP contribution in [0.25, 0.3) is 28.2 Å². The number of carbonyl (C=O) groups excluding carboxylic acids is 1. The third kappa shape index (κ3) is 2.55. The maximum atomic E-state index is 13.0. The van der Waals surface area contributed by atoms with Crippen molar-refractivity contribution >= 4 is 22.9 Å². The van der Waals surface area contributed by atoms with Gasteiger partial charge in [0.25, 0.3) is 5.56 Å². The number of ether oxygens (including phenoxy) is 1. The molecule has 9 nitrogen and oxygen atoms in total. The minimum atomic E-state index is -0.639. The first-order chi connectivity index (χ1) is 13.4. The Morgan fingerprint density at radius 2 is 1.82 bits per heavy atom. The summed E-state index contributed by atoms with van der Waals surface area (Å²) in [5, 5.41) is 0. The zero-order chi connectivity index (χ0) is 20.0. The Balaban J connectivity index is 2.01. The standard InChI is InChI=1S/C19H19N5O4/c1-4-28-14(25)11-24-17(26)15-16(22(3)19(24)27)20-18-21(2)13(10-23(15)18)12-8-6-5-7-9-12/h5-10H,4,11H2,1-3H3. The minimum absolute atomic E-state index is 0.173. The van der Waals surface area contributed by atoms with Crippen molar-refractivity contribution in [3.05, 3.63) is 57.4 Å². The van der Waals surface area contributed by atoms with Crippen molar-refractivity contribution in [1.29, 1.82) is 0 Å². The summed E-state index contributed by atoms with van der Waals surface area (Å²) in [7, 11) is 3.37. The molecule has 0 spiro atoms. The van der Waals surface area contributed by atoms with E-state index in [9.17, 15) is 14.4 Å². The molecule has 0 saturated heterocycles. The van der Waals surface area contributed by atoms with Gasteiger partial charge in [-0.2, -0.15) is 4.98 Å². The molecule has 1 aromatic carbocycles. The molecule has 0 bridgehead atoms. The van der Waals surface area contributed by atoms with E-state index in [0.717, 1.165) is 15.8 Å². The Labute approximate surface area is 159 Å². The van der Waals surface area contributed by atoms with Crippen LogP contribution < -0.4 is 11.2 Å². The van der Waals surface area contributed by atoms with E-state index in [1.807, 2.05) is 41.9 Å². The van der Waals surface area contributed by atoms with Gasteiger partial charge in [0.05, 0.1) is 12.3 Å². The molecular weight excluding hydrogens is 362 g/mol.